The van der Waals surface area contributed by atoms with Crippen LogP contribution in [0.5, 0.6) is 0 Å². The Kier molecular flexibility index (Phi) is 3.35. The number of benzene rings is 2. The SMILES string of the molecule is O=[N+]([O-])c1ccc(C#Cc2cccc(F)c2)cc1. The van der Waals surface area contributed by atoms with E-state index in [9.17, 15) is 14.5 Å². The normalized spacial score (nSPS) is 9.39. The van der Waals surface area contributed by atoms with Gasteiger partial charge >= 0.3 is 0 Å². The Morgan fingerprint density at radius 3 is 2.28 bits per heavy atom. The minimum Gasteiger partial charge on any atom is -0.258 e. The van der Waals surface area contributed by atoms with Gasteiger partial charge in [-0.05, 0) is 30.3 Å². The van der Waals surface area contributed by atoms with Crippen LogP contribution in [0.2, 0.25) is 0 Å². The van der Waals surface area contributed by atoms with Crippen molar-refractivity contribution in [3.05, 3.63) is 75.6 Å². The van der Waals surface area contributed by atoms with E-state index in [0.717, 1.165) is 0 Å². The lowest BCUT2D eigenvalue weighted by Crippen LogP contribution is -1.87. The first kappa shape index (κ1) is 11.8. The fourth-order valence-electron chi connectivity index (χ4n) is 1.38. The van der Waals surface area contributed by atoms with Crippen LogP contribution in [0.1, 0.15) is 11.1 Å². The Morgan fingerprint density at radius 2 is 1.67 bits per heavy atom. The first-order chi connectivity index (χ1) is 8.65. The number of hydrogen-bond donors (Lipinski definition) is 0. The molecule has 2 aromatic rings. The molecule has 0 aliphatic rings. The van der Waals surface area contributed by atoms with Crippen LogP contribution in [-0.2, 0) is 0 Å². The van der Waals surface area contributed by atoms with E-state index in [-0.39, 0.29) is 11.5 Å². The average molecular weight is 241 g/mol. The minimum atomic E-state index is -0.468. The van der Waals surface area contributed by atoms with Gasteiger partial charge < -0.3 is 0 Å². The molecule has 88 valence electrons. The zero-order valence-corrected chi connectivity index (χ0v) is 9.26. The molecule has 0 aromatic heterocycles. The Hall–Kier alpha value is -2.67. The summed E-state index contributed by atoms with van der Waals surface area (Å²) >= 11 is 0. The zero-order valence-electron chi connectivity index (χ0n) is 9.26. The van der Waals surface area contributed by atoms with E-state index >= 15 is 0 Å². The monoisotopic (exact) mass is 241 g/mol. The second-order valence-electron chi connectivity index (χ2n) is 3.56. The maximum absolute atomic E-state index is 12.9. The van der Waals surface area contributed by atoms with Crippen molar-refractivity contribution in [3.8, 4) is 11.8 Å². The lowest BCUT2D eigenvalue weighted by atomic mass is 10.1. The average Bonchev–Trinajstić information content (AvgIpc) is 2.37. The summed E-state index contributed by atoms with van der Waals surface area (Å²) in [6, 6.07) is 11.8. The van der Waals surface area contributed by atoms with Crippen molar-refractivity contribution in [1.29, 1.82) is 0 Å². The van der Waals surface area contributed by atoms with Crippen LogP contribution in [0, 0.1) is 27.8 Å². The summed E-state index contributed by atoms with van der Waals surface area (Å²) in [5, 5.41) is 10.5. The second kappa shape index (κ2) is 5.11. The Balaban J connectivity index is 2.22. The lowest BCUT2D eigenvalue weighted by Gasteiger charge is -1.92. The Bertz CT molecular complexity index is 639. The zero-order chi connectivity index (χ0) is 13.0. The molecular weight excluding hydrogens is 233 g/mol. The molecule has 0 radical (unpaired) electrons. The molecule has 0 aliphatic carbocycles. The summed E-state index contributed by atoms with van der Waals surface area (Å²) in [5.41, 5.74) is 1.23. The Morgan fingerprint density at radius 1 is 1.00 bits per heavy atom. The number of nitro benzene ring substituents is 1. The molecule has 0 bridgehead atoms. The van der Waals surface area contributed by atoms with Gasteiger partial charge in [-0.15, -0.1) is 0 Å². The van der Waals surface area contributed by atoms with Gasteiger partial charge in [0.1, 0.15) is 5.82 Å². The van der Waals surface area contributed by atoms with Crippen molar-refractivity contribution in [3.63, 3.8) is 0 Å². The number of nitrogens with zero attached hydrogens (tertiary/aromatic N) is 1. The molecule has 2 aromatic carbocycles. The molecule has 2 rings (SSSR count). The van der Waals surface area contributed by atoms with Gasteiger partial charge in [0.2, 0.25) is 0 Å². The van der Waals surface area contributed by atoms with Crippen molar-refractivity contribution in [2.24, 2.45) is 0 Å². The van der Waals surface area contributed by atoms with E-state index in [1.807, 2.05) is 0 Å². The molecule has 3 nitrogen and oxygen atoms in total. The summed E-state index contributed by atoms with van der Waals surface area (Å²) in [5.74, 6) is 5.26. The van der Waals surface area contributed by atoms with Crippen LogP contribution in [0.25, 0.3) is 0 Å². The van der Waals surface area contributed by atoms with Gasteiger partial charge in [-0.1, -0.05) is 17.9 Å². The highest BCUT2D eigenvalue weighted by atomic mass is 19.1. The van der Waals surface area contributed by atoms with Crippen molar-refractivity contribution in [2.75, 3.05) is 0 Å². The molecule has 0 amide bonds. The standard InChI is InChI=1S/C14H8FNO2/c15-13-3-1-2-12(10-13)5-4-11-6-8-14(9-7-11)16(17)18/h1-3,6-10H. The number of non-ortho nitro benzene ring substituents is 1. The summed E-state index contributed by atoms with van der Waals surface area (Å²) in [4.78, 5) is 9.99. The van der Waals surface area contributed by atoms with Crippen molar-refractivity contribution in [1.82, 2.24) is 0 Å². The number of hydrogen-bond acceptors (Lipinski definition) is 2. The van der Waals surface area contributed by atoms with Crippen LogP contribution in [0.15, 0.2) is 48.5 Å². The number of halogens is 1. The number of nitro groups is 1. The maximum Gasteiger partial charge on any atom is 0.269 e. The third-order valence-electron chi connectivity index (χ3n) is 2.25. The summed E-state index contributed by atoms with van der Waals surface area (Å²) in [6.07, 6.45) is 0. The predicted molar refractivity (Wildman–Crippen MR) is 65.5 cm³/mol. The molecular formula is C14H8FNO2. The molecule has 0 fully saturated rings. The van der Waals surface area contributed by atoms with Gasteiger partial charge in [0.25, 0.3) is 5.69 Å². The van der Waals surface area contributed by atoms with Crippen LogP contribution in [-0.4, -0.2) is 4.92 Å². The van der Waals surface area contributed by atoms with E-state index in [1.54, 1.807) is 24.3 Å². The molecule has 0 saturated heterocycles. The predicted octanol–water partition coefficient (Wildman–Crippen LogP) is 3.13. The van der Waals surface area contributed by atoms with Crippen LogP contribution >= 0.6 is 0 Å². The molecule has 0 spiro atoms. The topological polar surface area (TPSA) is 43.1 Å². The fraction of sp³-hybridized carbons (Fsp3) is 0. The first-order valence-corrected chi connectivity index (χ1v) is 5.17. The molecule has 0 heterocycles. The van der Waals surface area contributed by atoms with Crippen LogP contribution < -0.4 is 0 Å². The van der Waals surface area contributed by atoms with Crippen molar-refractivity contribution < 1.29 is 9.31 Å². The molecule has 0 saturated carbocycles. The molecule has 0 unspecified atom stereocenters. The summed E-state index contributed by atoms with van der Waals surface area (Å²) in [7, 11) is 0. The van der Waals surface area contributed by atoms with E-state index in [4.69, 9.17) is 0 Å². The lowest BCUT2D eigenvalue weighted by molar-refractivity contribution is -0.384. The summed E-state index contributed by atoms with van der Waals surface area (Å²) < 4.78 is 12.9. The number of rotatable bonds is 1. The largest absolute Gasteiger partial charge is 0.269 e. The minimum absolute atomic E-state index is 0.0197. The van der Waals surface area contributed by atoms with Crippen LogP contribution in [0.4, 0.5) is 10.1 Å². The van der Waals surface area contributed by atoms with Crippen molar-refractivity contribution in [2.45, 2.75) is 0 Å². The van der Waals surface area contributed by atoms with E-state index < -0.39 is 4.92 Å². The van der Waals surface area contributed by atoms with Gasteiger partial charge in [-0.2, -0.15) is 0 Å². The van der Waals surface area contributed by atoms with Gasteiger partial charge in [-0.3, -0.25) is 10.1 Å². The van der Waals surface area contributed by atoms with Crippen molar-refractivity contribution >= 4 is 5.69 Å². The van der Waals surface area contributed by atoms with E-state index in [1.165, 1.54) is 24.3 Å². The molecule has 0 N–H and O–H groups in total. The highest BCUT2D eigenvalue weighted by Crippen LogP contribution is 2.11. The fourth-order valence-corrected chi connectivity index (χ4v) is 1.38. The van der Waals surface area contributed by atoms with E-state index in [0.29, 0.717) is 11.1 Å². The highest BCUT2D eigenvalue weighted by molar-refractivity contribution is 5.45. The smallest absolute Gasteiger partial charge is 0.258 e. The van der Waals surface area contributed by atoms with Gasteiger partial charge in [-0.25, -0.2) is 4.39 Å². The highest BCUT2D eigenvalue weighted by Gasteiger charge is 2.02. The molecule has 0 aliphatic heterocycles. The molecule has 0 atom stereocenters. The molecule has 18 heavy (non-hydrogen) atoms. The van der Waals surface area contributed by atoms with E-state index in [2.05, 4.69) is 11.8 Å². The summed E-state index contributed by atoms with van der Waals surface area (Å²) in [6.45, 7) is 0. The van der Waals surface area contributed by atoms with Crippen LogP contribution in [0.3, 0.4) is 0 Å². The molecule has 4 heteroatoms. The third kappa shape index (κ3) is 2.92. The Labute approximate surface area is 103 Å². The quantitative estimate of drug-likeness (QED) is 0.437. The second-order valence-corrected chi connectivity index (χ2v) is 3.56. The third-order valence-corrected chi connectivity index (χ3v) is 2.25. The first-order valence-electron chi connectivity index (χ1n) is 5.17. The van der Waals surface area contributed by atoms with Gasteiger partial charge in [0, 0.05) is 23.3 Å². The maximum atomic E-state index is 12.9. The van der Waals surface area contributed by atoms with Gasteiger partial charge in [0.15, 0.2) is 0 Å². The van der Waals surface area contributed by atoms with Gasteiger partial charge in [0.05, 0.1) is 4.92 Å².